The number of anilines is 1. The van der Waals surface area contributed by atoms with Gasteiger partial charge in [0.1, 0.15) is 5.02 Å². The second-order valence-corrected chi connectivity index (χ2v) is 7.28. The Morgan fingerprint density at radius 1 is 1.13 bits per heavy atom. The van der Waals surface area contributed by atoms with Gasteiger partial charge in [-0.15, -0.1) is 0 Å². The smallest absolute Gasteiger partial charge is 0.292 e. The van der Waals surface area contributed by atoms with Crippen molar-refractivity contribution in [2.45, 2.75) is 33.1 Å². The normalized spacial score (nSPS) is 17.8. The van der Waals surface area contributed by atoms with Gasteiger partial charge >= 0.3 is 0 Å². The lowest BCUT2D eigenvalue weighted by molar-refractivity contribution is 0.325. The highest BCUT2D eigenvalue weighted by molar-refractivity contribution is 6.33. The third-order valence-corrected chi connectivity index (χ3v) is 4.94. The summed E-state index contributed by atoms with van der Waals surface area (Å²) in [6.07, 6.45) is 5.10. The monoisotopic (exact) mass is 331 g/mol. The molecule has 2 aromatic rings. The van der Waals surface area contributed by atoms with Gasteiger partial charge in [0.05, 0.1) is 17.6 Å². The summed E-state index contributed by atoms with van der Waals surface area (Å²) < 4.78 is 1.35. The minimum absolute atomic E-state index is 0.253. The van der Waals surface area contributed by atoms with Gasteiger partial charge in [0.25, 0.3) is 5.56 Å². The van der Waals surface area contributed by atoms with Crippen molar-refractivity contribution in [3.05, 3.63) is 51.9 Å². The molecule has 4 nitrogen and oxygen atoms in total. The first kappa shape index (κ1) is 16.1. The van der Waals surface area contributed by atoms with E-state index in [-0.39, 0.29) is 10.6 Å². The summed E-state index contributed by atoms with van der Waals surface area (Å²) in [7, 11) is 0. The molecule has 122 valence electrons. The van der Waals surface area contributed by atoms with Gasteiger partial charge in [-0.05, 0) is 36.8 Å². The van der Waals surface area contributed by atoms with Gasteiger partial charge in [-0.25, -0.2) is 0 Å². The largest absolute Gasteiger partial charge is 0.369 e. The molecule has 1 saturated heterocycles. The maximum Gasteiger partial charge on any atom is 0.292 e. The van der Waals surface area contributed by atoms with E-state index in [0.29, 0.717) is 5.41 Å². The molecule has 0 aliphatic carbocycles. The molecule has 1 aliphatic heterocycles. The highest BCUT2D eigenvalue weighted by Gasteiger charge is 2.25. The number of hydrogen-bond acceptors (Lipinski definition) is 3. The highest BCUT2D eigenvalue weighted by atomic mass is 35.5. The lowest BCUT2D eigenvalue weighted by Crippen LogP contribution is -2.30. The van der Waals surface area contributed by atoms with E-state index in [2.05, 4.69) is 23.8 Å². The molecule has 2 heterocycles. The molecule has 23 heavy (non-hydrogen) atoms. The van der Waals surface area contributed by atoms with Gasteiger partial charge in [-0.3, -0.25) is 4.79 Å². The van der Waals surface area contributed by atoms with Crippen molar-refractivity contribution < 1.29 is 0 Å². The predicted molar refractivity (Wildman–Crippen MR) is 94.7 cm³/mol. The average molecular weight is 332 g/mol. The van der Waals surface area contributed by atoms with Crippen LogP contribution in [0.3, 0.4) is 0 Å². The van der Waals surface area contributed by atoms with Crippen molar-refractivity contribution in [2.24, 2.45) is 5.41 Å². The fourth-order valence-electron chi connectivity index (χ4n) is 3.06. The van der Waals surface area contributed by atoms with E-state index < -0.39 is 0 Å². The molecule has 0 atom stereocenters. The van der Waals surface area contributed by atoms with E-state index in [1.54, 1.807) is 6.20 Å². The lowest BCUT2D eigenvalue weighted by Gasteiger charge is -2.25. The van der Waals surface area contributed by atoms with E-state index in [4.69, 9.17) is 11.6 Å². The lowest BCUT2D eigenvalue weighted by atomic mass is 9.85. The molecule has 3 rings (SSSR count). The number of rotatable bonds is 2. The Balaban J connectivity index is 1.93. The van der Waals surface area contributed by atoms with Gasteiger partial charge in [-0.2, -0.15) is 9.78 Å². The summed E-state index contributed by atoms with van der Waals surface area (Å²) in [5.41, 5.74) is 1.55. The molecule has 1 aromatic heterocycles. The fourth-order valence-corrected chi connectivity index (χ4v) is 3.31. The first-order valence-electron chi connectivity index (χ1n) is 8.06. The van der Waals surface area contributed by atoms with Crippen LogP contribution >= 0.6 is 11.6 Å². The Hall–Kier alpha value is -1.81. The zero-order valence-electron chi connectivity index (χ0n) is 13.6. The van der Waals surface area contributed by atoms with Gasteiger partial charge in [0.2, 0.25) is 0 Å². The number of halogens is 1. The summed E-state index contributed by atoms with van der Waals surface area (Å²) in [6.45, 7) is 6.41. The maximum absolute atomic E-state index is 12.6. The molecular formula is C18H22ClN3O. The number of nitrogens with zero attached hydrogens (tertiary/aromatic N) is 3. The molecule has 0 N–H and O–H groups in total. The standard InChI is InChI=1S/C18H22ClN3O/c1-18(2)9-6-11-21(12-10-18)15-13-20-22(17(23)16(15)19)14-7-4-3-5-8-14/h3-5,7-8,13H,6,9-12H2,1-2H3. The van der Waals surface area contributed by atoms with Gasteiger partial charge in [0.15, 0.2) is 0 Å². The number of hydrogen-bond donors (Lipinski definition) is 0. The Morgan fingerprint density at radius 3 is 2.61 bits per heavy atom. The average Bonchev–Trinajstić information content (AvgIpc) is 2.72. The van der Waals surface area contributed by atoms with E-state index >= 15 is 0 Å². The van der Waals surface area contributed by atoms with Crippen molar-refractivity contribution in [1.29, 1.82) is 0 Å². The van der Waals surface area contributed by atoms with Crippen LogP contribution in [0.4, 0.5) is 5.69 Å². The fraction of sp³-hybridized carbons (Fsp3) is 0.444. The zero-order valence-corrected chi connectivity index (χ0v) is 14.4. The van der Waals surface area contributed by atoms with E-state index in [1.807, 2.05) is 30.3 Å². The quantitative estimate of drug-likeness (QED) is 0.837. The molecule has 1 aliphatic rings. The van der Waals surface area contributed by atoms with Crippen LogP contribution in [-0.2, 0) is 0 Å². The summed E-state index contributed by atoms with van der Waals surface area (Å²) in [4.78, 5) is 14.8. The molecular weight excluding hydrogens is 310 g/mol. The molecule has 0 saturated carbocycles. The van der Waals surface area contributed by atoms with Crippen molar-refractivity contribution in [1.82, 2.24) is 9.78 Å². The number of aromatic nitrogens is 2. The van der Waals surface area contributed by atoms with Crippen LogP contribution in [0.1, 0.15) is 33.1 Å². The van der Waals surface area contributed by atoms with Crippen LogP contribution in [0, 0.1) is 5.41 Å². The number of para-hydroxylation sites is 1. The van der Waals surface area contributed by atoms with Gasteiger partial charge in [0, 0.05) is 13.1 Å². The number of benzene rings is 1. The first-order valence-corrected chi connectivity index (χ1v) is 8.44. The van der Waals surface area contributed by atoms with Crippen molar-refractivity contribution >= 4 is 17.3 Å². The Bertz CT molecular complexity index is 740. The molecule has 1 aromatic carbocycles. The SMILES string of the molecule is CC1(C)CCCN(c2cnn(-c3ccccc3)c(=O)c2Cl)CC1. The summed E-state index contributed by atoms with van der Waals surface area (Å²) >= 11 is 6.39. The summed E-state index contributed by atoms with van der Waals surface area (Å²) in [5.74, 6) is 0. The molecule has 1 fully saturated rings. The van der Waals surface area contributed by atoms with Crippen molar-refractivity contribution in [3.63, 3.8) is 0 Å². The minimum Gasteiger partial charge on any atom is -0.369 e. The first-order chi connectivity index (χ1) is 11.0. The summed E-state index contributed by atoms with van der Waals surface area (Å²) in [5, 5.41) is 4.58. The third kappa shape index (κ3) is 3.42. The third-order valence-electron chi connectivity index (χ3n) is 4.58. The minimum atomic E-state index is -0.265. The molecule has 0 bridgehead atoms. The maximum atomic E-state index is 12.6. The molecule has 0 spiro atoms. The molecule has 0 unspecified atom stereocenters. The van der Waals surface area contributed by atoms with E-state index in [9.17, 15) is 4.79 Å². The summed E-state index contributed by atoms with van der Waals surface area (Å²) in [6, 6.07) is 9.35. The Kier molecular flexibility index (Phi) is 4.44. The Morgan fingerprint density at radius 2 is 1.87 bits per heavy atom. The van der Waals surface area contributed by atoms with Gasteiger partial charge < -0.3 is 4.90 Å². The van der Waals surface area contributed by atoms with Crippen LogP contribution in [0.2, 0.25) is 5.02 Å². The topological polar surface area (TPSA) is 38.1 Å². The highest BCUT2D eigenvalue weighted by Crippen LogP contribution is 2.32. The van der Waals surface area contributed by atoms with Crippen LogP contribution in [-0.4, -0.2) is 22.9 Å². The molecule has 5 heteroatoms. The molecule has 0 radical (unpaired) electrons. The van der Waals surface area contributed by atoms with E-state index in [1.165, 1.54) is 11.1 Å². The predicted octanol–water partition coefficient (Wildman–Crippen LogP) is 3.90. The second-order valence-electron chi connectivity index (χ2n) is 6.90. The van der Waals surface area contributed by atoms with E-state index in [0.717, 1.165) is 37.3 Å². The van der Waals surface area contributed by atoms with Crippen LogP contribution in [0.15, 0.2) is 41.3 Å². The molecule has 0 amide bonds. The van der Waals surface area contributed by atoms with Crippen molar-refractivity contribution in [3.8, 4) is 5.69 Å². The second kappa shape index (κ2) is 6.36. The Labute approximate surface area is 141 Å². The van der Waals surface area contributed by atoms with Crippen LogP contribution in [0.25, 0.3) is 5.69 Å². The van der Waals surface area contributed by atoms with Crippen LogP contribution in [0.5, 0.6) is 0 Å². The van der Waals surface area contributed by atoms with Gasteiger partial charge in [-0.1, -0.05) is 43.6 Å². The van der Waals surface area contributed by atoms with Crippen molar-refractivity contribution in [2.75, 3.05) is 18.0 Å². The van der Waals surface area contributed by atoms with Crippen LogP contribution < -0.4 is 10.5 Å². The zero-order chi connectivity index (χ0) is 16.4.